The summed E-state index contributed by atoms with van der Waals surface area (Å²) in [4.78, 5) is 30.3. The molecule has 7 heteroatoms. The summed E-state index contributed by atoms with van der Waals surface area (Å²) in [5.74, 6) is -0.0254. The van der Waals surface area contributed by atoms with Crippen molar-refractivity contribution in [3.63, 3.8) is 0 Å². The Morgan fingerprint density at radius 3 is 2.74 bits per heavy atom. The second-order valence-corrected chi connectivity index (χ2v) is 6.36. The van der Waals surface area contributed by atoms with E-state index in [0.29, 0.717) is 5.16 Å². The van der Waals surface area contributed by atoms with E-state index in [1.807, 2.05) is 33.7 Å². The smallest absolute Gasteiger partial charge is 0.316 e. The van der Waals surface area contributed by atoms with Crippen LogP contribution in [0.4, 0.5) is 0 Å². The lowest BCUT2D eigenvalue weighted by Crippen LogP contribution is -2.31. The molecular weight excluding hydrogens is 314 g/mol. The van der Waals surface area contributed by atoms with E-state index in [4.69, 9.17) is 0 Å². The third-order valence-electron chi connectivity index (χ3n) is 3.92. The minimum absolute atomic E-state index is 0.102. The predicted molar refractivity (Wildman–Crippen MR) is 88.3 cm³/mol. The van der Waals surface area contributed by atoms with Gasteiger partial charge in [-0.3, -0.25) is 9.59 Å². The van der Waals surface area contributed by atoms with Gasteiger partial charge in [-0.25, -0.2) is 4.98 Å². The number of likely N-dealkylation sites (tertiary alicyclic amines) is 1. The second kappa shape index (κ2) is 7.04. The fraction of sp³-hybridized carbons (Fsp3) is 0.438. The van der Waals surface area contributed by atoms with Crippen LogP contribution in [-0.2, 0) is 20.9 Å². The molecule has 0 N–H and O–H groups in total. The average molecular weight is 333 g/mol. The number of carbonyl (C=O) groups excluding carboxylic acids is 2. The number of benzene rings is 1. The van der Waals surface area contributed by atoms with Gasteiger partial charge in [0.15, 0.2) is 5.16 Å². The van der Waals surface area contributed by atoms with E-state index in [1.165, 1.54) is 18.9 Å². The number of nitrogens with zero attached hydrogens (tertiary/aromatic N) is 3. The molecule has 2 aromatic rings. The van der Waals surface area contributed by atoms with E-state index in [9.17, 15) is 9.59 Å². The number of fused-ring (bicyclic) bond motifs is 1. The lowest BCUT2D eigenvalue weighted by atomic mass is 10.3. The lowest BCUT2D eigenvalue weighted by Gasteiger charge is -2.16. The fourth-order valence-corrected chi connectivity index (χ4v) is 3.55. The third kappa shape index (κ3) is 3.50. The van der Waals surface area contributed by atoms with Gasteiger partial charge in [-0.15, -0.1) is 0 Å². The minimum atomic E-state index is -0.306. The van der Waals surface area contributed by atoms with Crippen molar-refractivity contribution in [3.8, 4) is 0 Å². The van der Waals surface area contributed by atoms with Crippen LogP contribution in [0.5, 0.6) is 0 Å². The highest BCUT2D eigenvalue weighted by atomic mass is 32.2. The highest BCUT2D eigenvalue weighted by Gasteiger charge is 2.21. The monoisotopic (exact) mass is 333 g/mol. The number of rotatable bonds is 5. The Kier molecular flexibility index (Phi) is 4.85. The van der Waals surface area contributed by atoms with Crippen LogP contribution < -0.4 is 0 Å². The van der Waals surface area contributed by atoms with E-state index in [2.05, 4.69) is 9.72 Å². The quantitative estimate of drug-likeness (QED) is 0.618. The Labute approximate surface area is 138 Å². The first-order chi connectivity index (χ1) is 11.2. The zero-order valence-corrected chi connectivity index (χ0v) is 13.8. The number of carbonyl (C=O) groups is 2. The Balaban J connectivity index is 1.85. The molecule has 6 nitrogen and oxygen atoms in total. The van der Waals surface area contributed by atoms with E-state index < -0.39 is 0 Å². The molecule has 0 saturated carbocycles. The molecular formula is C16H19N3O3S. The van der Waals surface area contributed by atoms with Gasteiger partial charge >= 0.3 is 5.97 Å². The predicted octanol–water partition coefficient (Wildman–Crippen LogP) is 1.92. The van der Waals surface area contributed by atoms with Crippen LogP contribution in [0.3, 0.4) is 0 Å². The molecule has 2 heterocycles. The molecule has 23 heavy (non-hydrogen) atoms. The molecule has 3 rings (SSSR count). The van der Waals surface area contributed by atoms with Crippen molar-refractivity contribution in [2.75, 3.05) is 26.0 Å². The lowest BCUT2D eigenvalue weighted by molar-refractivity contribution is -0.137. The van der Waals surface area contributed by atoms with Crippen LogP contribution in [0.15, 0.2) is 29.4 Å². The SMILES string of the molecule is COC(=O)CSc1nc2ccccc2n1CC(=O)N1CCCC1. The van der Waals surface area contributed by atoms with E-state index in [1.54, 1.807) is 0 Å². The molecule has 122 valence electrons. The van der Waals surface area contributed by atoms with Crippen LogP contribution >= 0.6 is 11.8 Å². The summed E-state index contributed by atoms with van der Waals surface area (Å²) in [6.45, 7) is 1.91. The molecule has 1 aliphatic rings. The summed E-state index contributed by atoms with van der Waals surface area (Å²) in [7, 11) is 1.36. The van der Waals surface area contributed by atoms with Crippen LogP contribution in [-0.4, -0.2) is 52.3 Å². The minimum Gasteiger partial charge on any atom is -0.468 e. The molecule has 0 unspecified atom stereocenters. The van der Waals surface area contributed by atoms with Gasteiger partial charge in [0.25, 0.3) is 0 Å². The number of para-hydroxylation sites is 2. The first-order valence-corrected chi connectivity index (χ1v) is 8.60. The summed E-state index contributed by atoms with van der Waals surface area (Å²) in [6.07, 6.45) is 2.14. The van der Waals surface area contributed by atoms with Gasteiger partial charge in [0.05, 0.1) is 23.9 Å². The van der Waals surface area contributed by atoms with Gasteiger partial charge in [0.1, 0.15) is 6.54 Å². The molecule has 1 aromatic carbocycles. The first kappa shape index (κ1) is 15.9. The second-order valence-electron chi connectivity index (χ2n) is 5.42. The topological polar surface area (TPSA) is 64.4 Å². The molecule has 0 aliphatic carbocycles. The molecule has 0 spiro atoms. The van der Waals surface area contributed by atoms with Gasteiger partial charge < -0.3 is 14.2 Å². The largest absolute Gasteiger partial charge is 0.468 e. The Hall–Kier alpha value is -2.02. The third-order valence-corrected chi connectivity index (χ3v) is 4.87. The van der Waals surface area contributed by atoms with Crippen LogP contribution in [0.2, 0.25) is 0 Å². The number of methoxy groups -OCH3 is 1. The van der Waals surface area contributed by atoms with Crippen molar-refractivity contribution >= 4 is 34.7 Å². The number of aromatic nitrogens is 2. The van der Waals surface area contributed by atoms with Crippen molar-refractivity contribution in [2.45, 2.75) is 24.5 Å². The van der Waals surface area contributed by atoms with Crippen molar-refractivity contribution in [1.82, 2.24) is 14.5 Å². The summed E-state index contributed by atoms with van der Waals surface area (Å²) in [5, 5.41) is 0.671. The Morgan fingerprint density at radius 1 is 1.26 bits per heavy atom. The van der Waals surface area contributed by atoms with Crippen LogP contribution in [0, 0.1) is 0 Å². The summed E-state index contributed by atoms with van der Waals surface area (Å²) >= 11 is 1.30. The molecule has 1 fully saturated rings. The van der Waals surface area contributed by atoms with E-state index in [-0.39, 0.29) is 24.2 Å². The van der Waals surface area contributed by atoms with Gasteiger partial charge in [-0.05, 0) is 25.0 Å². The normalized spacial score (nSPS) is 14.4. The van der Waals surface area contributed by atoms with E-state index >= 15 is 0 Å². The van der Waals surface area contributed by atoms with Crippen molar-refractivity contribution in [1.29, 1.82) is 0 Å². The number of imidazole rings is 1. The van der Waals surface area contributed by atoms with E-state index in [0.717, 1.165) is 37.0 Å². The maximum absolute atomic E-state index is 12.5. The Morgan fingerprint density at radius 2 is 2.00 bits per heavy atom. The zero-order valence-electron chi connectivity index (χ0n) is 13.0. The Bertz CT molecular complexity index is 722. The maximum Gasteiger partial charge on any atom is 0.316 e. The van der Waals surface area contributed by atoms with Gasteiger partial charge in [0.2, 0.25) is 5.91 Å². The molecule has 1 amide bonds. The maximum atomic E-state index is 12.5. The number of hydrogen-bond acceptors (Lipinski definition) is 5. The molecule has 1 aromatic heterocycles. The fourth-order valence-electron chi connectivity index (χ4n) is 2.70. The number of esters is 1. The zero-order chi connectivity index (χ0) is 16.2. The van der Waals surface area contributed by atoms with Gasteiger partial charge in [-0.2, -0.15) is 0 Å². The number of amides is 1. The van der Waals surface area contributed by atoms with Crippen LogP contribution in [0.1, 0.15) is 12.8 Å². The highest BCUT2D eigenvalue weighted by molar-refractivity contribution is 7.99. The van der Waals surface area contributed by atoms with Gasteiger partial charge in [0, 0.05) is 13.1 Å². The van der Waals surface area contributed by atoms with Crippen molar-refractivity contribution in [2.24, 2.45) is 0 Å². The molecule has 0 bridgehead atoms. The molecule has 0 radical (unpaired) electrons. The highest BCUT2D eigenvalue weighted by Crippen LogP contribution is 2.24. The molecule has 0 atom stereocenters. The number of thioether (sulfide) groups is 1. The van der Waals surface area contributed by atoms with Crippen molar-refractivity contribution < 1.29 is 14.3 Å². The summed E-state index contributed by atoms with van der Waals surface area (Å²) in [5.41, 5.74) is 1.74. The molecule has 1 aliphatic heterocycles. The van der Waals surface area contributed by atoms with Gasteiger partial charge in [-0.1, -0.05) is 23.9 Å². The summed E-state index contributed by atoms with van der Waals surface area (Å²) < 4.78 is 6.57. The average Bonchev–Trinajstić information content (AvgIpc) is 3.21. The standard InChI is InChI=1S/C16H19N3O3S/c1-22-15(21)11-23-16-17-12-6-2-3-7-13(12)19(16)10-14(20)18-8-4-5-9-18/h2-3,6-7H,4-5,8-11H2,1H3. The van der Waals surface area contributed by atoms with Crippen molar-refractivity contribution in [3.05, 3.63) is 24.3 Å². The number of ether oxygens (including phenoxy) is 1. The van der Waals surface area contributed by atoms with Crippen LogP contribution in [0.25, 0.3) is 11.0 Å². The molecule has 1 saturated heterocycles. The number of hydrogen-bond donors (Lipinski definition) is 0. The first-order valence-electron chi connectivity index (χ1n) is 7.61. The summed E-state index contributed by atoms with van der Waals surface area (Å²) in [6, 6.07) is 7.70.